The molecule has 0 spiro atoms. The lowest BCUT2D eigenvalue weighted by molar-refractivity contribution is -0.137. The van der Waals surface area contributed by atoms with E-state index in [2.05, 4.69) is 10.3 Å². The number of carbonyl (C=O) groups excluding carboxylic acids is 2. The van der Waals surface area contributed by atoms with Gasteiger partial charge >= 0.3 is 6.09 Å². The van der Waals surface area contributed by atoms with Gasteiger partial charge in [0, 0.05) is 42.1 Å². The van der Waals surface area contributed by atoms with Crippen molar-refractivity contribution in [2.24, 2.45) is 11.8 Å². The molecular formula is C29H31N3O4. The zero-order valence-corrected chi connectivity index (χ0v) is 20.2. The van der Waals surface area contributed by atoms with Crippen molar-refractivity contribution in [1.82, 2.24) is 15.2 Å². The highest BCUT2D eigenvalue weighted by Gasteiger charge is 2.44. The van der Waals surface area contributed by atoms with Gasteiger partial charge in [-0.3, -0.25) is 14.6 Å². The number of nitrogens with one attached hydrogen (secondary N) is 1. The van der Waals surface area contributed by atoms with Gasteiger partial charge in [-0.15, -0.1) is 0 Å². The number of carboxylic acid groups (broad SMARTS) is 1. The van der Waals surface area contributed by atoms with Gasteiger partial charge in [0.2, 0.25) is 5.91 Å². The van der Waals surface area contributed by atoms with E-state index in [0.717, 1.165) is 48.6 Å². The average Bonchev–Trinajstić information content (AvgIpc) is 3.37. The SMILES string of the molecule is O=C(O)NC[C@H]1CC[C@H](C(=O)N2CC[C@@H](c3ccccc3)[C@H]2C(=O)c2ccc3ncccc3c2)CC1. The van der Waals surface area contributed by atoms with Crippen molar-refractivity contribution in [2.75, 3.05) is 13.1 Å². The molecule has 1 aliphatic carbocycles. The summed E-state index contributed by atoms with van der Waals surface area (Å²) in [7, 11) is 0. The van der Waals surface area contributed by atoms with Crippen molar-refractivity contribution in [3.8, 4) is 0 Å². The Morgan fingerprint density at radius 2 is 1.72 bits per heavy atom. The monoisotopic (exact) mass is 485 g/mol. The first-order valence-electron chi connectivity index (χ1n) is 12.7. The predicted octanol–water partition coefficient (Wildman–Crippen LogP) is 4.88. The summed E-state index contributed by atoms with van der Waals surface area (Å²) in [6, 6.07) is 18.9. The second kappa shape index (κ2) is 10.5. The second-order valence-corrected chi connectivity index (χ2v) is 9.96. The highest BCUT2D eigenvalue weighted by molar-refractivity contribution is 6.05. The van der Waals surface area contributed by atoms with Crippen LogP contribution in [0.3, 0.4) is 0 Å². The molecule has 2 aromatic carbocycles. The lowest BCUT2D eigenvalue weighted by atomic mass is 9.80. The molecular weight excluding hydrogens is 454 g/mol. The molecule has 3 aromatic rings. The maximum atomic E-state index is 14.0. The average molecular weight is 486 g/mol. The molecule has 0 radical (unpaired) electrons. The Labute approximate surface area is 210 Å². The van der Waals surface area contributed by atoms with Gasteiger partial charge in [-0.05, 0) is 67.9 Å². The first kappa shape index (κ1) is 24.0. The van der Waals surface area contributed by atoms with Crippen LogP contribution in [0.5, 0.6) is 0 Å². The molecule has 7 nitrogen and oxygen atoms in total. The number of fused-ring (bicyclic) bond motifs is 1. The van der Waals surface area contributed by atoms with Crippen LogP contribution in [-0.4, -0.2) is 51.9 Å². The van der Waals surface area contributed by atoms with Gasteiger partial charge in [0.25, 0.3) is 0 Å². The van der Waals surface area contributed by atoms with Crippen molar-refractivity contribution in [3.63, 3.8) is 0 Å². The minimum absolute atomic E-state index is 0.0280. The first-order valence-corrected chi connectivity index (χ1v) is 12.7. The highest BCUT2D eigenvalue weighted by Crippen LogP contribution is 2.39. The molecule has 2 amide bonds. The number of carbonyl (C=O) groups is 3. The molecule has 2 aliphatic rings. The number of amides is 2. The van der Waals surface area contributed by atoms with Gasteiger partial charge in [-0.25, -0.2) is 4.79 Å². The number of pyridine rings is 1. The minimum Gasteiger partial charge on any atom is -0.465 e. The van der Waals surface area contributed by atoms with E-state index in [9.17, 15) is 14.4 Å². The van der Waals surface area contributed by atoms with Crippen LogP contribution in [0, 0.1) is 11.8 Å². The fourth-order valence-electron chi connectivity index (χ4n) is 5.89. The summed E-state index contributed by atoms with van der Waals surface area (Å²) in [5, 5.41) is 12.2. The van der Waals surface area contributed by atoms with E-state index in [1.807, 2.05) is 65.6 Å². The normalized spacial score (nSPS) is 23.9. The second-order valence-electron chi connectivity index (χ2n) is 9.96. The summed E-state index contributed by atoms with van der Waals surface area (Å²) in [5.41, 5.74) is 2.52. The van der Waals surface area contributed by atoms with Crippen LogP contribution >= 0.6 is 0 Å². The van der Waals surface area contributed by atoms with Gasteiger partial charge in [0.1, 0.15) is 6.04 Å². The Hall–Kier alpha value is -3.74. The molecule has 7 heteroatoms. The maximum Gasteiger partial charge on any atom is 0.404 e. The molecule has 1 saturated carbocycles. The lowest BCUT2D eigenvalue weighted by Crippen LogP contribution is -2.46. The van der Waals surface area contributed by atoms with Gasteiger partial charge in [-0.2, -0.15) is 0 Å². The molecule has 186 valence electrons. The molecule has 0 unspecified atom stereocenters. The zero-order valence-electron chi connectivity index (χ0n) is 20.2. The largest absolute Gasteiger partial charge is 0.465 e. The van der Waals surface area contributed by atoms with Gasteiger partial charge in [0.15, 0.2) is 5.78 Å². The molecule has 0 bridgehead atoms. The van der Waals surface area contributed by atoms with Crippen LogP contribution in [-0.2, 0) is 4.79 Å². The number of aromatic nitrogens is 1. The van der Waals surface area contributed by atoms with E-state index >= 15 is 0 Å². The molecule has 2 atom stereocenters. The number of hydrogen-bond acceptors (Lipinski definition) is 4. The summed E-state index contributed by atoms with van der Waals surface area (Å²) in [5.74, 6) is 0.100. The highest BCUT2D eigenvalue weighted by atomic mass is 16.4. The van der Waals surface area contributed by atoms with Crippen molar-refractivity contribution in [1.29, 1.82) is 0 Å². The van der Waals surface area contributed by atoms with Crippen molar-refractivity contribution < 1.29 is 19.5 Å². The van der Waals surface area contributed by atoms with E-state index < -0.39 is 12.1 Å². The third-order valence-corrected chi connectivity index (χ3v) is 7.80. The topological polar surface area (TPSA) is 99.6 Å². The lowest BCUT2D eigenvalue weighted by Gasteiger charge is -2.34. The standard InChI is InChI=1S/C29H31N3O4/c33-27(23-12-13-25-22(17-23)7-4-15-30-25)26-24(20-5-2-1-3-6-20)14-16-32(26)28(34)21-10-8-19(9-11-21)18-31-29(35)36/h1-7,12-13,15,17,19,21,24,26,31H,8-11,14,16,18H2,(H,35,36)/t19-,21-,24-,26-/m0/s1. The maximum absolute atomic E-state index is 14.0. The molecule has 2 heterocycles. The van der Waals surface area contributed by atoms with E-state index in [-0.39, 0.29) is 29.4 Å². The predicted molar refractivity (Wildman–Crippen MR) is 137 cm³/mol. The van der Waals surface area contributed by atoms with Crippen molar-refractivity contribution in [3.05, 3.63) is 78.0 Å². The van der Waals surface area contributed by atoms with Gasteiger partial charge in [0.05, 0.1) is 5.52 Å². The Kier molecular flexibility index (Phi) is 6.98. The summed E-state index contributed by atoms with van der Waals surface area (Å²) in [6.45, 7) is 0.985. The van der Waals surface area contributed by atoms with E-state index in [0.29, 0.717) is 18.7 Å². The Morgan fingerprint density at radius 1 is 0.944 bits per heavy atom. The Balaban J connectivity index is 1.38. The summed E-state index contributed by atoms with van der Waals surface area (Å²) in [6.07, 6.45) is 4.53. The number of ketones is 1. The smallest absolute Gasteiger partial charge is 0.404 e. The van der Waals surface area contributed by atoms with Crippen molar-refractivity contribution >= 4 is 28.7 Å². The molecule has 1 aliphatic heterocycles. The molecule has 2 N–H and O–H groups in total. The molecule has 1 saturated heterocycles. The minimum atomic E-state index is -1.01. The van der Waals surface area contributed by atoms with Crippen LogP contribution < -0.4 is 5.32 Å². The zero-order chi connectivity index (χ0) is 25.1. The van der Waals surface area contributed by atoms with Crippen LogP contribution in [0.15, 0.2) is 66.9 Å². The summed E-state index contributed by atoms with van der Waals surface area (Å²) >= 11 is 0. The Bertz CT molecular complexity index is 1250. The van der Waals surface area contributed by atoms with Crippen LogP contribution in [0.4, 0.5) is 4.79 Å². The molecule has 1 aromatic heterocycles. The van der Waals surface area contributed by atoms with Gasteiger partial charge in [-0.1, -0.05) is 36.4 Å². The van der Waals surface area contributed by atoms with Gasteiger partial charge < -0.3 is 15.3 Å². The molecule has 2 fully saturated rings. The van der Waals surface area contributed by atoms with Crippen molar-refractivity contribution in [2.45, 2.75) is 44.1 Å². The fraction of sp³-hybridized carbons (Fsp3) is 0.379. The van der Waals surface area contributed by atoms with E-state index in [4.69, 9.17) is 5.11 Å². The van der Waals surface area contributed by atoms with E-state index in [1.54, 1.807) is 6.20 Å². The number of benzene rings is 2. The Morgan fingerprint density at radius 3 is 2.47 bits per heavy atom. The number of Topliss-reactive ketones (excluding diaryl/α,β-unsaturated/α-hetero) is 1. The van der Waals surface area contributed by atoms with Crippen LogP contribution in [0.1, 0.15) is 53.9 Å². The quantitative estimate of drug-likeness (QED) is 0.485. The van der Waals surface area contributed by atoms with E-state index in [1.165, 1.54) is 0 Å². The summed E-state index contributed by atoms with van der Waals surface area (Å²) in [4.78, 5) is 44.8. The third kappa shape index (κ3) is 4.96. The van der Waals surface area contributed by atoms with Crippen LogP contribution in [0.2, 0.25) is 0 Å². The van der Waals surface area contributed by atoms with Crippen LogP contribution in [0.25, 0.3) is 10.9 Å². The number of likely N-dealkylation sites (tertiary alicyclic amines) is 1. The number of hydrogen-bond donors (Lipinski definition) is 2. The first-order chi connectivity index (χ1) is 17.5. The molecule has 36 heavy (non-hydrogen) atoms. The number of nitrogens with zero attached hydrogens (tertiary/aromatic N) is 2. The molecule has 5 rings (SSSR count). The number of rotatable bonds is 6. The third-order valence-electron chi connectivity index (χ3n) is 7.80. The fourth-order valence-corrected chi connectivity index (χ4v) is 5.89. The summed E-state index contributed by atoms with van der Waals surface area (Å²) < 4.78 is 0.